The van der Waals surface area contributed by atoms with Gasteiger partial charge in [-0.2, -0.15) is 4.31 Å². The van der Waals surface area contributed by atoms with E-state index in [1.807, 2.05) is 4.57 Å². The van der Waals surface area contributed by atoms with Gasteiger partial charge >= 0.3 is 0 Å². The van der Waals surface area contributed by atoms with Crippen LogP contribution in [0, 0.1) is 0 Å². The fraction of sp³-hybridized carbons (Fsp3) is 0.391. The number of carbonyl (C=O) groups is 1. The molecule has 1 amide bonds. The third-order valence-electron chi connectivity index (χ3n) is 5.82. The van der Waals surface area contributed by atoms with Crippen LogP contribution in [-0.4, -0.2) is 62.6 Å². The summed E-state index contributed by atoms with van der Waals surface area (Å²) in [5.74, 6) is 1.12. The topological polar surface area (TPSA) is 112 Å². The number of imidazole rings is 1. The minimum Gasteiger partial charge on any atom is -0.493 e. The van der Waals surface area contributed by atoms with Crippen LogP contribution in [0.15, 0.2) is 41.6 Å². The van der Waals surface area contributed by atoms with E-state index in [1.165, 1.54) is 25.6 Å². The van der Waals surface area contributed by atoms with E-state index >= 15 is 0 Å². The number of aryl methyl sites for hydroxylation is 1. The standard InChI is InChI=1S/C23H28N4O6S/c1-31-20-12-16(13-21(32-2)23(20)33-3)25-22(28)8-11-26-15-24-18-14-17(6-7-19(18)26)34(29,30)27-9-4-5-10-27/h6-7,12-15H,4-5,8-11H2,1-3H3,(H,25,28). The minimum absolute atomic E-state index is 0.190. The fourth-order valence-electron chi connectivity index (χ4n) is 4.06. The summed E-state index contributed by atoms with van der Waals surface area (Å²) >= 11 is 0. The molecule has 1 saturated heterocycles. The molecule has 1 N–H and O–H groups in total. The lowest BCUT2D eigenvalue weighted by molar-refractivity contribution is -0.116. The van der Waals surface area contributed by atoms with E-state index < -0.39 is 10.0 Å². The number of hydrogen-bond acceptors (Lipinski definition) is 7. The van der Waals surface area contributed by atoms with Gasteiger partial charge in [-0.25, -0.2) is 13.4 Å². The predicted molar refractivity (Wildman–Crippen MR) is 127 cm³/mol. The summed E-state index contributed by atoms with van der Waals surface area (Å²) in [7, 11) is 1.02. The first kappa shape index (κ1) is 23.8. The van der Waals surface area contributed by atoms with E-state index in [1.54, 1.807) is 36.7 Å². The Balaban J connectivity index is 1.45. The van der Waals surface area contributed by atoms with Crippen molar-refractivity contribution in [2.45, 2.75) is 30.7 Å². The average Bonchev–Trinajstić information content (AvgIpc) is 3.52. The zero-order chi connectivity index (χ0) is 24.3. The molecule has 1 aliphatic rings. The number of amides is 1. The van der Waals surface area contributed by atoms with Gasteiger partial charge in [0.25, 0.3) is 0 Å². The number of aromatic nitrogens is 2. The summed E-state index contributed by atoms with van der Waals surface area (Å²) in [5.41, 5.74) is 1.86. The van der Waals surface area contributed by atoms with Crippen molar-refractivity contribution in [2.75, 3.05) is 39.7 Å². The Morgan fingerprint density at radius 2 is 1.71 bits per heavy atom. The molecule has 3 aromatic rings. The monoisotopic (exact) mass is 488 g/mol. The molecule has 4 rings (SSSR count). The third-order valence-corrected chi connectivity index (χ3v) is 7.72. The van der Waals surface area contributed by atoms with Crippen molar-refractivity contribution in [2.24, 2.45) is 0 Å². The van der Waals surface area contributed by atoms with Gasteiger partial charge in [0.15, 0.2) is 11.5 Å². The van der Waals surface area contributed by atoms with E-state index in [9.17, 15) is 13.2 Å². The van der Waals surface area contributed by atoms with E-state index in [0.717, 1.165) is 18.4 Å². The summed E-state index contributed by atoms with van der Waals surface area (Å²) < 4.78 is 44.9. The Labute approximate surface area is 198 Å². The normalized spacial score (nSPS) is 14.3. The molecule has 11 heteroatoms. The molecule has 0 aliphatic carbocycles. The fourth-order valence-corrected chi connectivity index (χ4v) is 5.60. The van der Waals surface area contributed by atoms with Crippen molar-refractivity contribution in [3.63, 3.8) is 0 Å². The van der Waals surface area contributed by atoms with Crippen molar-refractivity contribution in [3.05, 3.63) is 36.7 Å². The van der Waals surface area contributed by atoms with E-state index in [-0.39, 0.29) is 17.2 Å². The van der Waals surface area contributed by atoms with Gasteiger partial charge in [-0.15, -0.1) is 0 Å². The average molecular weight is 489 g/mol. The van der Waals surface area contributed by atoms with Crippen LogP contribution in [0.4, 0.5) is 5.69 Å². The van der Waals surface area contributed by atoms with Crippen LogP contribution in [0.25, 0.3) is 11.0 Å². The highest BCUT2D eigenvalue weighted by Crippen LogP contribution is 2.40. The first-order chi connectivity index (χ1) is 16.4. The zero-order valence-electron chi connectivity index (χ0n) is 19.4. The number of rotatable bonds is 9. The second kappa shape index (κ2) is 9.90. The Hall–Kier alpha value is -3.31. The van der Waals surface area contributed by atoms with Crippen LogP contribution < -0.4 is 19.5 Å². The summed E-state index contributed by atoms with van der Waals surface area (Å²) in [5, 5.41) is 2.84. The molecule has 34 heavy (non-hydrogen) atoms. The molecule has 1 aromatic heterocycles. The predicted octanol–water partition coefficient (Wildman–Crippen LogP) is 2.88. The minimum atomic E-state index is -3.51. The van der Waals surface area contributed by atoms with Crippen molar-refractivity contribution in [1.82, 2.24) is 13.9 Å². The molecule has 1 aliphatic heterocycles. The maximum atomic E-state index is 12.8. The largest absolute Gasteiger partial charge is 0.493 e. The summed E-state index contributed by atoms with van der Waals surface area (Å²) in [4.78, 5) is 17.2. The van der Waals surface area contributed by atoms with Crippen molar-refractivity contribution >= 4 is 32.7 Å². The second-order valence-corrected chi connectivity index (χ2v) is 9.85. The lowest BCUT2D eigenvalue weighted by atomic mass is 10.2. The first-order valence-electron chi connectivity index (χ1n) is 10.9. The van der Waals surface area contributed by atoms with Crippen LogP contribution in [0.2, 0.25) is 0 Å². The van der Waals surface area contributed by atoms with Gasteiger partial charge < -0.3 is 24.1 Å². The van der Waals surface area contributed by atoms with Crippen molar-refractivity contribution in [1.29, 1.82) is 0 Å². The molecular formula is C23H28N4O6S. The van der Waals surface area contributed by atoms with E-state index in [2.05, 4.69) is 10.3 Å². The van der Waals surface area contributed by atoms with Gasteiger partial charge in [0, 0.05) is 43.9 Å². The number of nitrogens with zero attached hydrogens (tertiary/aromatic N) is 3. The highest BCUT2D eigenvalue weighted by Gasteiger charge is 2.27. The maximum absolute atomic E-state index is 12.8. The Morgan fingerprint density at radius 1 is 1.03 bits per heavy atom. The molecule has 1 fully saturated rings. The van der Waals surface area contributed by atoms with Crippen molar-refractivity contribution in [3.8, 4) is 17.2 Å². The number of fused-ring (bicyclic) bond motifs is 1. The van der Waals surface area contributed by atoms with Crippen molar-refractivity contribution < 1.29 is 27.4 Å². The van der Waals surface area contributed by atoms with Gasteiger partial charge in [-0.05, 0) is 31.0 Å². The van der Waals surface area contributed by atoms with Gasteiger partial charge in [-0.3, -0.25) is 4.79 Å². The van der Waals surface area contributed by atoms with Crippen LogP contribution >= 0.6 is 0 Å². The number of benzene rings is 2. The summed E-state index contributed by atoms with van der Waals surface area (Å²) in [6.45, 7) is 1.48. The number of nitrogens with one attached hydrogen (secondary N) is 1. The second-order valence-electron chi connectivity index (χ2n) is 7.91. The SMILES string of the molecule is COc1cc(NC(=O)CCn2cnc3cc(S(=O)(=O)N4CCCC4)ccc32)cc(OC)c1OC. The molecule has 0 radical (unpaired) electrons. The van der Waals surface area contributed by atoms with Crippen LogP contribution in [0.1, 0.15) is 19.3 Å². The number of hydrogen-bond donors (Lipinski definition) is 1. The third kappa shape index (κ3) is 4.66. The molecule has 0 saturated carbocycles. The molecule has 0 bridgehead atoms. The highest BCUT2D eigenvalue weighted by molar-refractivity contribution is 7.89. The Bertz CT molecular complexity index is 1270. The van der Waals surface area contributed by atoms with Gasteiger partial charge in [-0.1, -0.05) is 0 Å². The van der Waals surface area contributed by atoms with Crippen LogP contribution in [0.3, 0.4) is 0 Å². The van der Waals surface area contributed by atoms with Gasteiger partial charge in [0.05, 0.1) is 43.6 Å². The number of ether oxygens (including phenoxy) is 3. The van der Waals surface area contributed by atoms with Gasteiger partial charge in [0.2, 0.25) is 21.7 Å². The molecular weight excluding hydrogens is 460 g/mol. The lowest BCUT2D eigenvalue weighted by Gasteiger charge is -2.15. The highest BCUT2D eigenvalue weighted by atomic mass is 32.2. The first-order valence-corrected chi connectivity index (χ1v) is 12.4. The lowest BCUT2D eigenvalue weighted by Crippen LogP contribution is -2.27. The molecule has 182 valence electrons. The number of methoxy groups -OCH3 is 3. The summed E-state index contributed by atoms with van der Waals surface area (Å²) in [6, 6.07) is 8.25. The Kier molecular flexibility index (Phi) is 6.94. The quantitative estimate of drug-likeness (QED) is 0.493. The molecule has 2 aromatic carbocycles. The zero-order valence-corrected chi connectivity index (χ0v) is 20.2. The smallest absolute Gasteiger partial charge is 0.243 e. The van der Waals surface area contributed by atoms with E-state index in [4.69, 9.17) is 14.2 Å². The number of sulfonamides is 1. The maximum Gasteiger partial charge on any atom is 0.243 e. The number of anilines is 1. The molecule has 10 nitrogen and oxygen atoms in total. The molecule has 0 unspecified atom stereocenters. The Morgan fingerprint density at radius 3 is 2.32 bits per heavy atom. The van der Waals surface area contributed by atoms with E-state index in [0.29, 0.717) is 48.1 Å². The van der Waals surface area contributed by atoms with Gasteiger partial charge in [0.1, 0.15) is 0 Å². The van der Waals surface area contributed by atoms with Crippen LogP contribution in [0.5, 0.6) is 17.2 Å². The molecule has 2 heterocycles. The number of carbonyl (C=O) groups excluding carboxylic acids is 1. The molecule has 0 atom stereocenters. The van der Waals surface area contributed by atoms with Crippen LogP contribution in [-0.2, 0) is 21.4 Å². The summed E-state index contributed by atoms with van der Waals surface area (Å²) in [6.07, 6.45) is 3.57. The molecule has 0 spiro atoms.